The van der Waals surface area contributed by atoms with Gasteiger partial charge < -0.3 is 16.0 Å². The molecule has 1 heterocycles. The number of aryl methyl sites for hydroxylation is 1. The molecule has 0 aliphatic carbocycles. The Hall–Kier alpha value is -1.59. The number of likely N-dealkylation sites (N-methyl/N-ethyl adjacent to an activating group) is 1. The van der Waals surface area contributed by atoms with Gasteiger partial charge in [-0.2, -0.15) is 0 Å². The van der Waals surface area contributed by atoms with Gasteiger partial charge >= 0.3 is 0 Å². The minimum absolute atomic E-state index is 0.0381. The second-order valence-corrected chi connectivity index (χ2v) is 6.10. The van der Waals surface area contributed by atoms with Crippen molar-refractivity contribution in [2.45, 2.75) is 26.8 Å². The summed E-state index contributed by atoms with van der Waals surface area (Å²) >= 11 is 0. The van der Waals surface area contributed by atoms with E-state index in [1.165, 1.54) is 0 Å². The molecule has 1 amide bonds. The van der Waals surface area contributed by atoms with Crippen LogP contribution in [0.1, 0.15) is 29.8 Å². The average molecular weight is 304 g/mol. The van der Waals surface area contributed by atoms with Gasteiger partial charge in [-0.25, -0.2) is 0 Å². The van der Waals surface area contributed by atoms with Crippen LogP contribution in [0.15, 0.2) is 18.2 Å². The first kappa shape index (κ1) is 16.8. The highest BCUT2D eigenvalue weighted by Gasteiger charge is 2.20. The van der Waals surface area contributed by atoms with Crippen LogP contribution in [0.25, 0.3) is 0 Å². The maximum absolute atomic E-state index is 12.3. The number of rotatable bonds is 5. The minimum Gasteiger partial charge on any atom is -0.399 e. The Morgan fingerprint density at radius 3 is 2.64 bits per heavy atom. The zero-order chi connectivity index (χ0) is 16.1. The molecule has 0 bridgehead atoms. The van der Waals surface area contributed by atoms with Gasteiger partial charge in [-0.3, -0.25) is 9.69 Å². The van der Waals surface area contributed by atoms with Gasteiger partial charge in [0.2, 0.25) is 0 Å². The molecule has 22 heavy (non-hydrogen) atoms. The molecule has 1 saturated heterocycles. The average Bonchev–Trinajstić information content (AvgIpc) is 2.54. The number of carbonyl (C=O) groups is 1. The van der Waals surface area contributed by atoms with Gasteiger partial charge in [0.25, 0.3) is 5.91 Å². The van der Waals surface area contributed by atoms with Crippen molar-refractivity contribution in [1.29, 1.82) is 0 Å². The van der Waals surface area contributed by atoms with Crippen LogP contribution >= 0.6 is 0 Å². The van der Waals surface area contributed by atoms with E-state index in [9.17, 15) is 4.79 Å². The van der Waals surface area contributed by atoms with E-state index in [2.05, 4.69) is 29.0 Å². The number of hydrogen-bond donors (Lipinski definition) is 2. The highest BCUT2D eigenvalue weighted by atomic mass is 16.1. The summed E-state index contributed by atoms with van der Waals surface area (Å²) < 4.78 is 0. The molecule has 0 saturated carbocycles. The summed E-state index contributed by atoms with van der Waals surface area (Å²) in [5.74, 6) is -0.0381. The lowest BCUT2D eigenvalue weighted by Crippen LogP contribution is -2.52. The number of piperazine rings is 1. The molecule has 122 valence electrons. The highest BCUT2D eigenvalue weighted by Crippen LogP contribution is 2.12. The molecule has 2 rings (SSSR count). The van der Waals surface area contributed by atoms with Crippen LogP contribution in [0.3, 0.4) is 0 Å². The van der Waals surface area contributed by atoms with E-state index in [1.54, 1.807) is 6.07 Å². The van der Waals surface area contributed by atoms with Crippen LogP contribution in [0.2, 0.25) is 0 Å². The maximum atomic E-state index is 12.3. The van der Waals surface area contributed by atoms with Gasteiger partial charge in [-0.15, -0.1) is 0 Å². The molecule has 5 heteroatoms. The van der Waals surface area contributed by atoms with E-state index >= 15 is 0 Å². The fourth-order valence-electron chi connectivity index (χ4n) is 2.87. The molecule has 1 aromatic carbocycles. The first-order chi connectivity index (χ1) is 10.5. The van der Waals surface area contributed by atoms with Crippen LogP contribution in [0.4, 0.5) is 5.69 Å². The van der Waals surface area contributed by atoms with Crippen LogP contribution in [0.5, 0.6) is 0 Å². The van der Waals surface area contributed by atoms with Crippen molar-refractivity contribution in [1.82, 2.24) is 15.1 Å². The Balaban J connectivity index is 1.84. The smallest absolute Gasteiger partial charge is 0.251 e. The zero-order valence-electron chi connectivity index (χ0n) is 13.9. The second-order valence-electron chi connectivity index (χ2n) is 6.10. The van der Waals surface area contributed by atoms with Crippen LogP contribution < -0.4 is 11.1 Å². The summed E-state index contributed by atoms with van der Waals surface area (Å²) in [4.78, 5) is 17.2. The molecule has 0 spiro atoms. The van der Waals surface area contributed by atoms with E-state index in [-0.39, 0.29) is 5.91 Å². The molecule has 3 N–H and O–H groups in total. The van der Waals surface area contributed by atoms with Gasteiger partial charge in [-0.05, 0) is 38.1 Å². The summed E-state index contributed by atoms with van der Waals surface area (Å²) in [6.07, 6.45) is 0. The number of hydrogen-bond acceptors (Lipinski definition) is 4. The van der Waals surface area contributed by atoms with Gasteiger partial charge in [0.15, 0.2) is 0 Å². The second kappa shape index (κ2) is 7.61. The predicted molar refractivity (Wildman–Crippen MR) is 91.1 cm³/mol. The van der Waals surface area contributed by atoms with E-state index in [4.69, 9.17) is 5.73 Å². The van der Waals surface area contributed by atoms with Gasteiger partial charge in [-0.1, -0.05) is 13.0 Å². The third-order valence-electron chi connectivity index (χ3n) is 4.54. The Bertz CT molecular complexity index is 509. The lowest BCUT2D eigenvalue weighted by molar-refractivity contribution is 0.0882. The van der Waals surface area contributed by atoms with Crippen LogP contribution in [-0.2, 0) is 0 Å². The van der Waals surface area contributed by atoms with Crippen LogP contribution in [-0.4, -0.2) is 61.0 Å². The Labute approximate surface area is 133 Å². The molecule has 1 aliphatic heterocycles. The largest absolute Gasteiger partial charge is 0.399 e. The number of benzene rings is 1. The fraction of sp³-hybridized carbons (Fsp3) is 0.588. The monoisotopic (exact) mass is 304 g/mol. The molecule has 5 nitrogen and oxygen atoms in total. The van der Waals surface area contributed by atoms with E-state index in [0.29, 0.717) is 23.8 Å². The summed E-state index contributed by atoms with van der Waals surface area (Å²) in [6.45, 7) is 12.5. The van der Waals surface area contributed by atoms with Crippen molar-refractivity contribution in [3.8, 4) is 0 Å². The molecule has 1 atom stereocenters. The summed E-state index contributed by atoms with van der Waals surface area (Å²) in [7, 11) is 0. The Kier molecular flexibility index (Phi) is 5.80. The highest BCUT2D eigenvalue weighted by molar-refractivity contribution is 5.96. The summed E-state index contributed by atoms with van der Waals surface area (Å²) in [5, 5.41) is 3.04. The lowest BCUT2D eigenvalue weighted by atomic mass is 10.1. The van der Waals surface area contributed by atoms with Gasteiger partial charge in [0.05, 0.1) is 0 Å². The van der Waals surface area contributed by atoms with Crippen molar-refractivity contribution in [2.75, 3.05) is 45.0 Å². The Morgan fingerprint density at radius 1 is 1.32 bits per heavy atom. The van der Waals surface area contributed by atoms with Crippen molar-refractivity contribution >= 4 is 11.6 Å². The fourth-order valence-corrected chi connectivity index (χ4v) is 2.87. The van der Waals surface area contributed by atoms with Crippen LogP contribution in [0, 0.1) is 6.92 Å². The molecular weight excluding hydrogens is 276 g/mol. The summed E-state index contributed by atoms with van der Waals surface area (Å²) in [6, 6.07) is 5.80. The first-order valence-electron chi connectivity index (χ1n) is 8.12. The Morgan fingerprint density at radius 2 is 2.00 bits per heavy atom. The van der Waals surface area contributed by atoms with Crippen molar-refractivity contribution in [3.63, 3.8) is 0 Å². The number of nitrogens with one attached hydrogen (secondary N) is 1. The zero-order valence-corrected chi connectivity index (χ0v) is 13.9. The van der Waals surface area contributed by atoms with Crippen molar-refractivity contribution in [2.24, 2.45) is 0 Å². The molecular formula is C17H28N4O. The molecule has 1 fully saturated rings. The molecule has 0 aromatic heterocycles. The standard InChI is InChI=1S/C17H28N4O/c1-4-20-7-9-21(10-8-20)14(3)12-19-17(22)16-11-15(18)6-5-13(16)2/h5-6,11,14H,4,7-10,12,18H2,1-3H3,(H,19,22). The van der Waals surface area contributed by atoms with Crippen molar-refractivity contribution in [3.05, 3.63) is 29.3 Å². The number of carbonyl (C=O) groups excluding carboxylic acids is 1. The minimum atomic E-state index is -0.0381. The number of amides is 1. The maximum Gasteiger partial charge on any atom is 0.251 e. The first-order valence-corrected chi connectivity index (χ1v) is 8.12. The number of anilines is 1. The quantitative estimate of drug-likeness (QED) is 0.806. The third kappa shape index (κ3) is 4.21. The number of nitrogens with two attached hydrogens (primary N) is 1. The summed E-state index contributed by atoms with van der Waals surface area (Å²) in [5.41, 5.74) is 8.02. The van der Waals surface area contributed by atoms with Gasteiger partial charge in [0, 0.05) is 50.0 Å². The van der Waals surface area contributed by atoms with Crippen molar-refractivity contribution < 1.29 is 4.79 Å². The lowest BCUT2D eigenvalue weighted by Gasteiger charge is -2.37. The molecule has 1 aromatic rings. The number of nitrogen functional groups attached to an aromatic ring is 1. The normalized spacial score (nSPS) is 18.1. The van der Waals surface area contributed by atoms with E-state index < -0.39 is 0 Å². The van der Waals surface area contributed by atoms with Gasteiger partial charge in [0.1, 0.15) is 0 Å². The topological polar surface area (TPSA) is 61.6 Å². The predicted octanol–water partition coefficient (Wildman–Crippen LogP) is 1.33. The SMILES string of the molecule is CCN1CCN(C(C)CNC(=O)c2cc(N)ccc2C)CC1. The molecule has 1 aliphatic rings. The van der Waals surface area contributed by atoms with E-state index in [0.717, 1.165) is 38.3 Å². The molecule has 1 unspecified atom stereocenters. The third-order valence-corrected chi connectivity index (χ3v) is 4.54. The van der Waals surface area contributed by atoms with E-state index in [1.807, 2.05) is 19.1 Å². The molecule has 0 radical (unpaired) electrons. The number of nitrogens with zero attached hydrogens (tertiary/aromatic N) is 2.